The van der Waals surface area contributed by atoms with Crippen LogP contribution in [0, 0.1) is 5.92 Å². The van der Waals surface area contributed by atoms with Gasteiger partial charge in [-0.2, -0.15) is 13.2 Å². The Hall–Kier alpha value is -1.85. The topological polar surface area (TPSA) is 97.1 Å². The zero-order valence-electron chi connectivity index (χ0n) is 14.6. The van der Waals surface area contributed by atoms with Gasteiger partial charge in [-0.25, -0.2) is 9.78 Å². The van der Waals surface area contributed by atoms with E-state index in [-0.39, 0.29) is 0 Å². The summed E-state index contributed by atoms with van der Waals surface area (Å²) in [4.78, 5) is 17.9. The van der Waals surface area contributed by atoms with Gasteiger partial charge in [0.15, 0.2) is 0 Å². The number of aliphatic carboxylic acids is 1. The molecule has 7 nitrogen and oxygen atoms in total. The van der Waals surface area contributed by atoms with Crippen LogP contribution in [0.5, 0.6) is 0 Å². The summed E-state index contributed by atoms with van der Waals surface area (Å²) < 4.78 is 31.7. The van der Waals surface area contributed by atoms with Crippen LogP contribution in [-0.2, 0) is 4.79 Å². The third kappa shape index (κ3) is 7.59. The minimum absolute atomic E-state index is 0.433. The van der Waals surface area contributed by atoms with E-state index in [1.165, 1.54) is 6.20 Å². The molecule has 26 heavy (non-hydrogen) atoms. The quantitative estimate of drug-likeness (QED) is 0.644. The van der Waals surface area contributed by atoms with Gasteiger partial charge < -0.3 is 20.1 Å². The molecule has 146 valence electrons. The first-order valence-corrected chi connectivity index (χ1v) is 8.10. The Morgan fingerprint density at radius 3 is 2.12 bits per heavy atom. The molecule has 2 heterocycles. The number of alkyl halides is 3. The molecule has 1 saturated heterocycles. The molecule has 1 aliphatic heterocycles. The first-order chi connectivity index (χ1) is 12.0. The van der Waals surface area contributed by atoms with E-state index in [0.717, 1.165) is 38.5 Å². The van der Waals surface area contributed by atoms with Crippen molar-refractivity contribution in [3.8, 4) is 0 Å². The van der Waals surface area contributed by atoms with Gasteiger partial charge in [0.05, 0.1) is 0 Å². The van der Waals surface area contributed by atoms with E-state index in [1.54, 1.807) is 6.07 Å². The van der Waals surface area contributed by atoms with Crippen LogP contribution in [0.3, 0.4) is 0 Å². The summed E-state index contributed by atoms with van der Waals surface area (Å²) in [5, 5.41) is 25.2. The van der Waals surface area contributed by atoms with Gasteiger partial charge in [0.2, 0.25) is 0 Å². The molecule has 0 saturated carbocycles. The van der Waals surface area contributed by atoms with Gasteiger partial charge in [-0.1, -0.05) is 19.9 Å². The molecule has 0 amide bonds. The minimum Gasteiger partial charge on any atom is -0.475 e. The number of carboxylic acid groups (broad SMARTS) is 1. The zero-order valence-corrected chi connectivity index (χ0v) is 14.6. The van der Waals surface area contributed by atoms with Crippen molar-refractivity contribution < 1.29 is 33.1 Å². The summed E-state index contributed by atoms with van der Waals surface area (Å²) in [6.45, 7) is 9.70. The number of carbonyl (C=O) groups is 1. The van der Waals surface area contributed by atoms with Gasteiger partial charge in [-0.3, -0.25) is 4.90 Å². The van der Waals surface area contributed by atoms with Gasteiger partial charge in [0.1, 0.15) is 5.82 Å². The molecule has 0 spiro atoms. The summed E-state index contributed by atoms with van der Waals surface area (Å²) in [5.74, 6) is -1.14. The van der Waals surface area contributed by atoms with Crippen molar-refractivity contribution in [1.29, 1.82) is 0 Å². The highest BCUT2D eigenvalue weighted by Crippen LogP contribution is 2.13. The summed E-state index contributed by atoms with van der Waals surface area (Å²) in [5.41, 5.74) is 0.433. The van der Waals surface area contributed by atoms with E-state index in [1.807, 2.05) is 6.07 Å². The van der Waals surface area contributed by atoms with Crippen LogP contribution in [0.2, 0.25) is 0 Å². The van der Waals surface area contributed by atoms with E-state index in [0.29, 0.717) is 11.4 Å². The average Bonchev–Trinajstić information content (AvgIpc) is 2.55. The Labute approximate surface area is 150 Å². The second kappa shape index (κ2) is 9.74. The number of carboxylic acids is 1. The number of aromatic nitrogens is 1. The van der Waals surface area contributed by atoms with Crippen LogP contribution in [-0.4, -0.2) is 77.0 Å². The first kappa shape index (κ1) is 22.2. The second-order valence-electron chi connectivity index (χ2n) is 6.31. The molecule has 11 heteroatoms. The van der Waals surface area contributed by atoms with Gasteiger partial charge in [-0.05, 0) is 12.0 Å². The third-order valence-electron chi connectivity index (χ3n) is 3.63. The number of hydrogen-bond donors (Lipinski definition) is 3. The van der Waals surface area contributed by atoms with Crippen LogP contribution in [0.15, 0.2) is 18.3 Å². The van der Waals surface area contributed by atoms with Crippen molar-refractivity contribution in [3.05, 3.63) is 18.3 Å². The smallest absolute Gasteiger partial charge is 0.475 e. The molecule has 1 fully saturated rings. The molecule has 0 bridgehead atoms. The maximum absolute atomic E-state index is 10.6. The SMILES string of the molecule is CC(C)CN1CCN(c2ccc(B(O)O)cn2)CC1.O=C(O)C(F)(F)F. The summed E-state index contributed by atoms with van der Waals surface area (Å²) >= 11 is 0. The lowest BCUT2D eigenvalue weighted by atomic mass is 9.82. The van der Waals surface area contributed by atoms with Crippen molar-refractivity contribution in [2.45, 2.75) is 20.0 Å². The molecular formula is C15H23BF3N3O4. The molecular weight excluding hydrogens is 354 g/mol. The van der Waals surface area contributed by atoms with E-state index < -0.39 is 19.3 Å². The summed E-state index contributed by atoms with van der Waals surface area (Å²) in [7, 11) is -1.44. The molecule has 3 N–H and O–H groups in total. The fourth-order valence-electron chi connectivity index (χ4n) is 2.41. The Morgan fingerprint density at radius 2 is 1.77 bits per heavy atom. The van der Waals surface area contributed by atoms with E-state index in [2.05, 4.69) is 28.6 Å². The molecule has 1 aromatic heterocycles. The normalized spacial score (nSPS) is 15.5. The highest BCUT2D eigenvalue weighted by atomic mass is 19.4. The average molecular weight is 377 g/mol. The van der Waals surface area contributed by atoms with Gasteiger partial charge in [0, 0.05) is 44.4 Å². The first-order valence-electron chi connectivity index (χ1n) is 8.10. The highest BCUT2D eigenvalue weighted by molar-refractivity contribution is 6.58. The summed E-state index contributed by atoms with van der Waals surface area (Å²) in [6, 6.07) is 3.57. The standard InChI is InChI=1S/C13H22BN3O2.C2HF3O2/c1-11(2)10-16-5-7-17(8-6-16)13-4-3-12(9-15-13)14(18)19;3-2(4,5)1(6)7/h3-4,9,11,18-19H,5-8,10H2,1-2H3;(H,6,7). The molecule has 0 aliphatic carbocycles. The van der Waals surface area contributed by atoms with Crippen molar-refractivity contribution in [2.75, 3.05) is 37.6 Å². The molecule has 0 radical (unpaired) electrons. The van der Waals surface area contributed by atoms with Crippen LogP contribution >= 0.6 is 0 Å². The molecule has 1 aliphatic rings. The van der Waals surface area contributed by atoms with Gasteiger partial charge >= 0.3 is 19.3 Å². The number of piperazine rings is 1. The van der Waals surface area contributed by atoms with Crippen LogP contribution < -0.4 is 10.4 Å². The van der Waals surface area contributed by atoms with E-state index >= 15 is 0 Å². The van der Waals surface area contributed by atoms with Crippen molar-refractivity contribution in [1.82, 2.24) is 9.88 Å². The number of rotatable bonds is 4. The third-order valence-corrected chi connectivity index (χ3v) is 3.63. The zero-order chi connectivity index (χ0) is 19.9. The fraction of sp³-hybridized carbons (Fsp3) is 0.600. The number of nitrogens with zero attached hydrogens (tertiary/aromatic N) is 3. The summed E-state index contributed by atoms with van der Waals surface area (Å²) in [6.07, 6.45) is -3.56. The Bertz CT molecular complexity index is 562. The van der Waals surface area contributed by atoms with Crippen molar-refractivity contribution in [3.63, 3.8) is 0 Å². The minimum atomic E-state index is -5.08. The molecule has 0 unspecified atom stereocenters. The van der Waals surface area contributed by atoms with E-state index in [4.69, 9.17) is 19.9 Å². The van der Waals surface area contributed by atoms with Gasteiger partial charge in [0.25, 0.3) is 0 Å². The molecule has 1 aromatic rings. The Kier molecular flexibility index (Phi) is 8.32. The molecule has 0 aromatic carbocycles. The lowest BCUT2D eigenvalue weighted by Crippen LogP contribution is -2.47. The number of pyridine rings is 1. The van der Waals surface area contributed by atoms with E-state index in [9.17, 15) is 13.2 Å². The van der Waals surface area contributed by atoms with Gasteiger partial charge in [-0.15, -0.1) is 0 Å². The van der Waals surface area contributed by atoms with Crippen LogP contribution in [0.1, 0.15) is 13.8 Å². The molecule has 0 atom stereocenters. The predicted octanol–water partition coefficient (Wildman–Crippen LogP) is 0.173. The largest absolute Gasteiger partial charge is 0.490 e. The van der Waals surface area contributed by atoms with Crippen LogP contribution in [0.4, 0.5) is 19.0 Å². The van der Waals surface area contributed by atoms with Crippen LogP contribution in [0.25, 0.3) is 0 Å². The number of anilines is 1. The maximum atomic E-state index is 10.6. The highest BCUT2D eigenvalue weighted by Gasteiger charge is 2.38. The molecule has 2 rings (SSSR count). The second-order valence-corrected chi connectivity index (χ2v) is 6.31. The number of halogens is 3. The lowest BCUT2D eigenvalue weighted by Gasteiger charge is -2.36. The Morgan fingerprint density at radius 1 is 1.23 bits per heavy atom. The monoisotopic (exact) mass is 377 g/mol. The Balaban J connectivity index is 0.000000412. The lowest BCUT2D eigenvalue weighted by molar-refractivity contribution is -0.192. The fourth-order valence-corrected chi connectivity index (χ4v) is 2.41. The maximum Gasteiger partial charge on any atom is 0.490 e. The number of hydrogen-bond acceptors (Lipinski definition) is 6. The van der Waals surface area contributed by atoms with Crippen molar-refractivity contribution >= 4 is 24.4 Å². The predicted molar refractivity (Wildman–Crippen MR) is 91.2 cm³/mol. The van der Waals surface area contributed by atoms with Crippen molar-refractivity contribution in [2.24, 2.45) is 5.92 Å².